The van der Waals surface area contributed by atoms with Crippen molar-refractivity contribution in [1.29, 1.82) is 0 Å². The Kier molecular flexibility index (Phi) is 6.38. The summed E-state index contributed by atoms with van der Waals surface area (Å²) in [6.45, 7) is 3.48. The number of rotatable bonds is 8. The van der Waals surface area contributed by atoms with Crippen LogP contribution in [0.15, 0.2) is 48.5 Å². The molecule has 1 unspecified atom stereocenters. The molecule has 0 aliphatic heterocycles. The first-order valence-electron chi connectivity index (χ1n) is 8.37. The molecule has 0 bridgehead atoms. The number of benzene rings is 2. The van der Waals surface area contributed by atoms with Gasteiger partial charge in [0.05, 0.1) is 25.3 Å². The third-order valence-corrected chi connectivity index (χ3v) is 7.78. The number of carbonyl (C=O) groups excluding carboxylic acids is 2. The topological polar surface area (TPSA) is 69.7 Å². The lowest BCUT2D eigenvalue weighted by Crippen LogP contribution is -2.20. The monoisotopic (exact) mass is 374 g/mol. The van der Waals surface area contributed by atoms with Crippen LogP contribution in [0.2, 0.25) is 0 Å². The summed E-state index contributed by atoms with van der Waals surface area (Å²) in [7, 11) is -1.09. The number of para-hydroxylation sites is 2. The number of hydrogen-bond donors (Lipinski definition) is 0. The third-order valence-electron chi connectivity index (χ3n) is 4.49. The van der Waals surface area contributed by atoms with Crippen LogP contribution in [-0.2, 0) is 4.57 Å². The molecule has 0 fully saturated rings. The number of methoxy groups -OCH3 is 2. The number of ether oxygens (including phenoxy) is 2. The van der Waals surface area contributed by atoms with Crippen molar-refractivity contribution in [2.45, 2.75) is 25.9 Å². The van der Waals surface area contributed by atoms with E-state index in [2.05, 4.69) is 0 Å². The molecule has 2 rings (SSSR count). The molecule has 0 aromatic heterocycles. The van der Waals surface area contributed by atoms with E-state index in [0.717, 1.165) is 0 Å². The number of carbonyl (C=O) groups is 2. The molecule has 6 heteroatoms. The Morgan fingerprint density at radius 3 is 1.62 bits per heavy atom. The van der Waals surface area contributed by atoms with Crippen molar-refractivity contribution in [1.82, 2.24) is 0 Å². The van der Waals surface area contributed by atoms with Gasteiger partial charge in [-0.2, -0.15) is 0 Å². The predicted molar refractivity (Wildman–Crippen MR) is 102 cm³/mol. The highest BCUT2D eigenvalue weighted by Gasteiger charge is 2.46. The minimum atomic E-state index is -3.95. The summed E-state index contributed by atoms with van der Waals surface area (Å²) in [5.74, 6) is 0.600. The van der Waals surface area contributed by atoms with Gasteiger partial charge < -0.3 is 14.0 Å². The zero-order valence-electron chi connectivity index (χ0n) is 15.4. The van der Waals surface area contributed by atoms with E-state index >= 15 is 0 Å². The maximum absolute atomic E-state index is 13.9. The van der Waals surface area contributed by atoms with E-state index in [1.165, 1.54) is 26.4 Å². The van der Waals surface area contributed by atoms with Gasteiger partial charge in [-0.15, -0.1) is 0 Å². The summed E-state index contributed by atoms with van der Waals surface area (Å²) in [6.07, 6.45) is 0.430. The molecule has 5 nitrogen and oxygen atoms in total. The van der Waals surface area contributed by atoms with Gasteiger partial charge in [-0.05, 0) is 30.7 Å². The van der Waals surface area contributed by atoms with Gasteiger partial charge >= 0.3 is 0 Å². The van der Waals surface area contributed by atoms with E-state index in [1.807, 2.05) is 6.92 Å². The average molecular weight is 374 g/mol. The molecular formula is C20H23O5P. The molecule has 0 heterocycles. The summed E-state index contributed by atoms with van der Waals surface area (Å²) in [5.41, 5.74) is -1.65. The standard InChI is InChI=1S/C20H23O5P/c1-5-14(2)26(23,19(21)15-10-6-8-12-17(15)24-3)20(22)16-11-7-9-13-18(16)25-4/h6-14H,5H2,1-4H3. The maximum Gasteiger partial charge on any atom is 0.232 e. The van der Waals surface area contributed by atoms with Crippen LogP contribution in [0.25, 0.3) is 0 Å². The first kappa shape index (κ1) is 19.9. The van der Waals surface area contributed by atoms with Crippen molar-refractivity contribution in [2.24, 2.45) is 0 Å². The normalized spacial score (nSPS) is 12.3. The highest BCUT2D eigenvalue weighted by Crippen LogP contribution is 2.58. The maximum atomic E-state index is 13.9. The zero-order valence-corrected chi connectivity index (χ0v) is 16.3. The van der Waals surface area contributed by atoms with Crippen molar-refractivity contribution in [3.63, 3.8) is 0 Å². The third kappa shape index (κ3) is 3.45. The van der Waals surface area contributed by atoms with Crippen molar-refractivity contribution >= 4 is 18.2 Å². The van der Waals surface area contributed by atoms with Gasteiger partial charge in [-0.3, -0.25) is 9.59 Å². The lowest BCUT2D eigenvalue weighted by molar-refractivity contribution is 0.103. The Labute approximate surface area is 153 Å². The lowest BCUT2D eigenvalue weighted by Gasteiger charge is -2.23. The zero-order chi connectivity index (χ0) is 19.3. The summed E-state index contributed by atoms with van der Waals surface area (Å²) in [4.78, 5) is 26.5. The molecule has 0 aliphatic carbocycles. The van der Waals surface area contributed by atoms with Crippen molar-refractivity contribution < 1.29 is 23.6 Å². The minimum Gasteiger partial charge on any atom is -0.496 e. The van der Waals surface area contributed by atoms with Crippen LogP contribution in [-0.4, -0.2) is 30.9 Å². The Hall–Kier alpha value is -2.39. The molecule has 0 amide bonds. The largest absolute Gasteiger partial charge is 0.496 e. The molecule has 2 aromatic carbocycles. The van der Waals surface area contributed by atoms with Gasteiger partial charge in [0.2, 0.25) is 18.2 Å². The van der Waals surface area contributed by atoms with Gasteiger partial charge in [0.1, 0.15) is 11.5 Å². The molecule has 138 valence electrons. The van der Waals surface area contributed by atoms with Crippen LogP contribution >= 0.6 is 7.14 Å². The van der Waals surface area contributed by atoms with E-state index in [9.17, 15) is 14.2 Å². The predicted octanol–water partition coefficient (Wildman–Crippen LogP) is 4.85. The first-order chi connectivity index (χ1) is 12.4. The fraction of sp³-hybridized carbons (Fsp3) is 0.300. The fourth-order valence-corrected chi connectivity index (χ4v) is 5.33. The minimum absolute atomic E-state index is 0.155. The molecule has 0 saturated carbocycles. The summed E-state index contributed by atoms with van der Waals surface area (Å²) in [6, 6.07) is 13.0. The molecule has 2 aromatic rings. The highest BCUT2D eigenvalue weighted by molar-refractivity contribution is 7.95. The van der Waals surface area contributed by atoms with E-state index in [1.54, 1.807) is 43.3 Å². The average Bonchev–Trinajstić information content (AvgIpc) is 2.71. The van der Waals surface area contributed by atoms with E-state index in [0.29, 0.717) is 17.9 Å². The Morgan fingerprint density at radius 2 is 1.27 bits per heavy atom. The second kappa shape index (κ2) is 8.33. The fourth-order valence-electron chi connectivity index (χ4n) is 2.75. The van der Waals surface area contributed by atoms with Crippen LogP contribution in [0, 0.1) is 0 Å². The van der Waals surface area contributed by atoms with Crippen molar-refractivity contribution in [3.8, 4) is 11.5 Å². The molecule has 0 radical (unpaired) electrons. The lowest BCUT2D eigenvalue weighted by atomic mass is 10.2. The summed E-state index contributed by atoms with van der Waals surface area (Å²) in [5, 5.41) is 0. The van der Waals surface area contributed by atoms with E-state index in [-0.39, 0.29) is 11.1 Å². The SMILES string of the molecule is CCC(C)P(=O)(C(=O)c1ccccc1OC)C(=O)c1ccccc1OC. The number of hydrogen-bond acceptors (Lipinski definition) is 5. The quantitative estimate of drug-likeness (QED) is 0.618. The summed E-state index contributed by atoms with van der Waals surface area (Å²) >= 11 is 0. The van der Waals surface area contributed by atoms with Gasteiger partial charge in [-0.25, -0.2) is 0 Å². The van der Waals surface area contributed by atoms with Gasteiger partial charge in [0.25, 0.3) is 0 Å². The van der Waals surface area contributed by atoms with Crippen LogP contribution < -0.4 is 9.47 Å². The molecule has 0 N–H and O–H groups in total. The van der Waals surface area contributed by atoms with Crippen LogP contribution in [0.1, 0.15) is 41.0 Å². The van der Waals surface area contributed by atoms with Crippen LogP contribution in [0.4, 0.5) is 0 Å². The Bertz CT molecular complexity index is 795. The smallest absolute Gasteiger partial charge is 0.232 e. The van der Waals surface area contributed by atoms with Crippen LogP contribution in [0.5, 0.6) is 11.5 Å². The molecular weight excluding hydrogens is 351 g/mol. The van der Waals surface area contributed by atoms with E-state index in [4.69, 9.17) is 9.47 Å². The molecule has 0 spiro atoms. The summed E-state index contributed by atoms with van der Waals surface area (Å²) < 4.78 is 24.3. The second-order valence-electron chi connectivity index (χ2n) is 5.93. The van der Waals surface area contributed by atoms with Gasteiger partial charge in [0, 0.05) is 5.66 Å². The molecule has 1 atom stereocenters. The Balaban J connectivity index is 2.64. The van der Waals surface area contributed by atoms with Crippen molar-refractivity contribution in [2.75, 3.05) is 14.2 Å². The molecule has 0 saturated heterocycles. The molecule has 0 aliphatic rings. The van der Waals surface area contributed by atoms with Gasteiger partial charge in [-0.1, -0.05) is 38.1 Å². The molecule has 26 heavy (non-hydrogen) atoms. The highest BCUT2D eigenvalue weighted by atomic mass is 31.2. The second-order valence-corrected chi connectivity index (χ2v) is 8.94. The van der Waals surface area contributed by atoms with E-state index < -0.39 is 23.8 Å². The Morgan fingerprint density at radius 1 is 0.885 bits per heavy atom. The van der Waals surface area contributed by atoms with Crippen molar-refractivity contribution in [3.05, 3.63) is 59.7 Å². The first-order valence-corrected chi connectivity index (χ1v) is 10.1. The van der Waals surface area contributed by atoms with Gasteiger partial charge in [0.15, 0.2) is 0 Å². The van der Waals surface area contributed by atoms with Crippen LogP contribution in [0.3, 0.4) is 0 Å².